The molecular formula is C12H21N3O2. The maximum Gasteiger partial charge on any atom is 0.323 e. The Labute approximate surface area is 102 Å². The highest BCUT2D eigenvalue weighted by Gasteiger charge is 2.19. The zero-order valence-electron chi connectivity index (χ0n) is 11.0. The van der Waals surface area contributed by atoms with Crippen LogP contribution in [0.15, 0.2) is 0 Å². The van der Waals surface area contributed by atoms with Gasteiger partial charge in [0.15, 0.2) is 0 Å². The number of aryl methyl sites for hydroxylation is 2. The number of hydrogen-bond acceptors (Lipinski definition) is 4. The Kier molecular flexibility index (Phi) is 4.69. The Morgan fingerprint density at radius 1 is 1.47 bits per heavy atom. The monoisotopic (exact) mass is 239 g/mol. The standard InChI is InChI=1S/C12H21N3O2/c1-5-15-9(4)10(8(3)14-15)7-11(13)12(16)17-6-2/h11H,5-7,13H2,1-4H3. The molecular weight excluding hydrogens is 218 g/mol. The molecule has 0 aromatic carbocycles. The average Bonchev–Trinajstić information content (AvgIpc) is 2.56. The Balaban J connectivity index is 2.81. The summed E-state index contributed by atoms with van der Waals surface area (Å²) in [5.74, 6) is -0.351. The lowest BCUT2D eigenvalue weighted by Gasteiger charge is -2.10. The first kappa shape index (κ1) is 13.7. The first-order chi connectivity index (χ1) is 8.01. The van der Waals surface area contributed by atoms with Gasteiger partial charge in [-0.05, 0) is 33.3 Å². The quantitative estimate of drug-likeness (QED) is 0.777. The normalized spacial score (nSPS) is 12.5. The van der Waals surface area contributed by atoms with E-state index >= 15 is 0 Å². The van der Waals surface area contributed by atoms with Gasteiger partial charge in [0.1, 0.15) is 6.04 Å². The van der Waals surface area contributed by atoms with E-state index in [9.17, 15) is 4.79 Å². The van der Waals surface area contributed by atoms with Gasteiger partial charge in [0.25, 0.3) is 0 Å². The molecule has 0 amide bonds. The van der Waals surface area contributed by atoms with Crippen LogP contribution in [0.5, 0.6) is 0 Å². The van der Waals surface area contributed by atoms with E-state index in [0.29, 0.717) is 13.0 Å². The smallest absolute Gasteiger partial charge is 0.323 e. The fraction of sp³-hybridized carbons (Fsp3) is 0.667. The van der Waals surface area contributed by atoms with E-state index in [4.69, 9.17) is 10.5 Å². The van der Waals surface area contributed by atoms with Gasteiger partial charge in [0.05, 0.1) is 12.3 Å². The van der Waals surface area contributed by atoms with Gasteiger partial charge in [-0.3, -0.25) is 9.48 Å². The topological polar surface area (TPSA) is 70.1 Å². The minimum Gasteiger partial charge on any atom is -0.465 e. The number of rotatable bonds is 5. The molecule has 0 aliphatic rings. The third-order valence-corrected chi connectivity index (χ3v) is 2.84. The Morgan fingerprint density at radius 2 is 2.12 bits per heavy atom. The molecule has 0 radical (unpaired) electrons. The highest BCUT2D eigenvalue weighted by molar-refractivity contribution is 5.76. The number of nitrogens with two attached hydrogens (primary N) is 1. The summed E-state index contributed by atoms with van der Waals surface area (Å²) < 4.78 is 6.82. The predicted molar refractivity (Wildman–Crippen MR) is 65.7 cm³/mol. The first-order valence-electron chi connectivity index (χ1n) is 5.96. The number of esters is 1. The molecule has 96 valence electrons. The summed E-state index contributed by atoms with van der Waals surface area (Å²) in [6, 6.07) is -0.609. The second kappa shape index (κ2) is 5.82. The van der Waals surface area contributed by atoms with Crippen molar-refractivity contribution in [1.82, 2.24) is 9.78 Å². The third kappa shape index (κ3) is 3.06. The minimum atomic E-state index is -0.609. The number of carbonyl (C=O) groups excluding carboxylic acids is 1. The van der Waals surface area contributed by atoms with Gasteiger partial charge < -0.3 is 10.5 Å². The van der Waals surface area contributed by atoms with Crippen molar-refractivity contribution in [3.05, 3.63) is 17.0 Å². The van der Waals surface area contributed by atoms with Gasteiger partial charge in [0.2, 0.25) is 0 Å². The van der Waals surface area contributed by atoms with E-state index in [2.05, 4.69) is 5.10 Å². The van der Waals surface area contributed by atoms with Gasteiger partial charge in [-0.25, -0.2) is 0 Å². The predicted octanol–water partition coefficient (Wildman–Crippen LogP) is 0.953. The van der Waals surface area contributed by atoms with Crippen molar-refractivity contribution >= 4 is 5.97 Å². The van der Waals surface area contributed by atoms with Crippen LogP contribution in [0.4, 0.5) is 0 Å². The van der Waals surface area contributed by atoms with E-state index < -0.39 is 6.04 Å². The van der Waals surface area contributed by atoms with Crippen LogP contribution < -0.4 is 5.73 Å². The second-order valence-electron chi connectivity index (χ2n) is 4.03. The molecule has 1 atom stereocenters. The molecule has 1 aromatic heterocycles. The van der Waals surface area contributed by atoms with Crippen LogP contribution in [0.1, 0.15) is 30.8 Å². The largest absolute Gasteiger partial charge is 0.465 e. The molecule has 2 N–H and O–H groups in total. The summed E-state index contributed by atoms with van der Waals surface area (Å²) in [5.41, 5.74) is 8.87. The molecule has 5 nitrogen and oxygen atoms in total. The van der Waals surface area contributed by atoms with Gasteiger partial charge in [0, 0.05) is 18.7 Å². The highest BCUT2D eigenvalue weighted by Crippen LogP contribution is 2.15. The lowest BCUT2D eigenvalue weighted by Crippen LogP contribution is -2.34. The second-order valence-corrected chi connectivity index (χ2v) is 4.03. The summed E-state index contributed by atoms with van der Waals surface area (Å²) in [6.07, 6.45) is 0.483. The molecule has 0 fully saturated rings. The molecule has 17 heavy (non-hydrogen) atoms. The van der Waals surface area contributed by atoms with Crippen LogP contribution in [-0.2, 0) is 22.5 Å². The van der Waals surface area contributed by atoms with Crippen LogP contribution in [0, 0.1) is 13.8 Å². The summed E-state index contributed by atoms with van der Waals surface area (Å²) in [4.78, 5) is 11.5. The summed E-state index contributed by atoms with van der Waals surface area (Å²) in [6.45, 7) is 8.92. The third-order valence-electron chi connectivity index (χ3n) is 2.84. The number of carbonyl (C=O) groups is 1. The molecule has 1 rings (SSSR count). The Bertz CT molecular complexity index is 399. The SMILES string of the molecule is CCOC(=O)C(N)Cc1c(C)nn(CC)c1C. The molecule has 0 saturated heterocycles. The van der Waals surface area contributed by atoms with Crippen LogP contribution in [0.3, 0.4) is 0 Å². The maximum absolute atomic E-state index is 11.5. The zero-order chi connectivity index (χ0) is 13.0. The number of hydrogen-bond donors (Lipinski definition) is 1. The molecule has 1 aromatic rings. The van der Waals surface area contributed by atoms with E-state index in [0.717, 1.165) is 23.5 Å². The van der Waals surface area contributed by atoms with Crippen molar-refractivity contribution in [3.8, 4) is 0 Å². The number of nitrogens with zero attached hydrogens (tertiary/aromatic N) is 2. The van der Waals surface area contributed by atoms with Crippen molar-refractivity contribution < 1.29 is 9.53 Å². The molecule has 0 aliphatic heterocycles. The molecule has 1 heterocycles. The van der Waals surface area contributed by atoms with E-state index in [1.54, 1.807) is 6.92 Å². The van der Waals surface area contributed by atoms with Gasteiger partial charge >= 0.3 is 5.97 Å². The lowest BCUT2D eigenvalue weighted by atomic mass is 10.0. The molecule has 0 bridgehead atoms. The average molecular weight is 239 g/mol. The van der Waals surface area contributed by atoms with Crippen molar-refractivity contribution in [2.24, 2.45) is 5.73 Å². The lowest BCUT2D eigenvalue weighted by molar-refractivity contribution is -0.144. The Hall–Kier alpha value is -1.36. The molecule has 0 spiro atoms. The minimum absolute atomic E-state index is 0.351. The van der Waals surface area contributed by atoms with E-state index in [-0.39, 0.29) is 5.97 Å². The van der Waals surface area contributed by atoms with Crippen LogP contribution >= 0.6 is 0 Å². The van der Waals surface area contributed by atoms with Crippen LogP contribution in [0.25, 0.3) is 0 Å². The van der Waals surface area contributed by atoms with Gasteiger partial charge in [-0.2, -0.15) is 5.10 Å². The zero-order valence-corrected chi connectivity index (χ0v) is 11.0. The van der Waals surface area contributed by atoms with Crippen molar-refractivity contribution in [1.29, 1.82) is 0 Å². The van der Waals surface area contributed by atoms with Crippen LogP contribution in [0.2, 0.25) is 0 Å². The Morgan fingerprint density at radius 3 is 2.59 bits per heavy atom. The van der Waals surface area contributed by atoms with E-state index in [1.165, 1.54) is 0 Å². The maximum atomic E-state index is 11.5. The molecule has 5 heteroatoms. The van der Waals surface area contributed by atoms with Gasteiger partial charge in [-0.1, -0.05) is 0 Å². The van der Waals surface area contributed by atoms with Crippen molar-refractivity contribution in [3.63, 3.8) is 0 Å². The fourth-order valence-electron chi connectivity index (χ4n) is 1.89. The number of ether oxygens (including phenoxy) is 1. The molecule has 1 unspecified atom stereocenters. The van der Waals surface area contributed by atoms with E-state index in [1.807, 2.05) is 25.5 Å². The van der Waals surface area contributed by atoms with Crippen molar-refractivity contribution in [2.75, 3.05) is 6.61 Å². The molecule has 0 saturated carbocycles. The first-order valence-corrected chi connectivity index (χ1v) is 5.96. The summed E-state index contributed by atoms with van der Waals surface area (Å²) >= 11 is 0. The highest BCUT2D eigenvalue weighted by atomic mass is 16.5. The number of aromatic nitrogens is 2. The van der Waals surface area contributed by atoms with Crippen molar-refractivity contribution in [2.45, 2.75) is 46.7 Å². The summed E-state index contributed by atoms with van der Waals surface area (Å²) in [5, 5.41) is 4.40. The summed E-state index contributed by atoms with van der Waals surface area (Å²) in [7, 11) is 0. The van der Waals surface area contributed by atoms with Gasteiger partial charge in [-0.15, -0.1) is 0 Å². The fourth-order valence-corrected chi connectivity index (χ4v) is 1.89. The van der Waals surface area contributed by atoms with Crippen LogP contribution in [-0.4, -0.2) is 28.4 Å². The molecule has 0 aliphatic carbocycles.